The van der Waals surface area contributed by atoms with Gasteiger partial charge in [0.05, 0.1) is 4.90 Å². The average Bonchev–Trinajstić information content (AvgIpc) is 2.16. The summed E-state index contributed by atoms with van der Waals surface area (Å²) in [5, 5.41) is 0. The van der Waals surface area contributed by atoms with E-state index in [9.17, 15) is 8.42 Å². The van der Waals surface area contributed by atoms with Crippen LogP contribution < -0.4 is 5.73 Å². The van der Waals surface area contributed by atoms with Crippen molar-refractivity contribution in [2.24, 2.45) is 11.7 Å². The maximum absolute atomic E-state index is 12.1. The van der Waals surface area contributed by atoms with E-state index in [1.54, 1.807) is 12.1 Å². The van der Waals surface area contributed by atoms with Crippen molar-refractivity contribution in [1.82, 2.24) is 4.31 Å². The van der Waals surface area contributed by atoms with Crippen molar-refractivity contribution in [2.45, 2.75) is 11.8 Å². The average molecular weight is 240 g/mol. The fraction of sp³-hybridized carbons (Fsp3) is 0.455. The fourth-order valence-corrected chi connectivity index (χ4v) is 3.32. The van der Waals surface area contributed by atoms with E-state index in [4.69, 9.17) is 5.73 Å². The first-order valence-electron chi connectivity index (χ1n) is 5.31. The molecule has 1 heterocycles. The number of nitrogens with zero attached hydrogens (tertiary/aromatic N) is 1. The Hall–Kier alpha value is -0.910. The summed E-state index contributed by atoms with van der Waals surface area (Å²) in [4.78, 5) is 0.369. The summed E-state index contributed by atoms with van der Waals surface area (Å²) in [6, 6.07) is 6.93. The lowest BCUT2D eigenvalue weighted by molar-refractivity contribution is 0.207. The van der Waals surface area contributed by atoms with Crippen LogP contribution in [0, 0.1) is 12.8 Å². The van der Waals surface area contributed by atoms with Gasteiger partial charge in [-0.1, -0.05) is 17.7 Å². The quantitative estimate of drug-likeness (QED) is 0.840. The largest absolute Gasteiger partial charge is 0.330 e. The van der Waals surface area contributed by atoms with Gasteiger partial charge in [0.25, 0.3) is 0 Å². The number of hydrogen-bond donors (Lipinski definition) is 1. The molecule has 1 fully saturated rings. The number of nitrogens with two attached hydrogens (primary N) is 1. The third-order valence-electron chi connectivity index (χ3n) is 2.92. The molecule has 0 bridgehead atoms. The summed E-state index contributed by atoms with van der Waals surface area (Å²) >= 11 is 0. The Kier molecular flexibility index (Phi) is 3.01. The molecule has 0 aromatic heterocycles. The summed E-state index contributed by atoms with van der Waals surface area (Å²) in [6.45, 7) is 3.59. The molecule has 1 aromatic rings. The predicted molar refractivity (Wildman–Crippen MR) is 62.5 cm³/mol. The standard InChI is InChI=1S/C11H16N2O2S/c1-9-2-4-11(5-3-9)16(14,15)13-7-10(6-12)8-13/h2-5,10H,6-8,12H2,1H3. The van der Waals surface area contributed by atoms with Crippen LogP contribution in [0.1, 0.15) is 5.56 Å². The van der Waals surface area contributed by atoms with Crippen molar-refractivity contribution in [3.05, 3.63) is 29.8 Å². The Morgan fingerprint density at radius 2 is 1.88 bits per heavy atom. The second-order valence-corrected chi connectivity index (χ2v) is 6.17. The number of hydrogen-bond acceptors (Lipinski definition) is 3. The Balaban J connectivity index is 2.17. The van der Waals surface area contributed by atoms with Gasteiger partial charge in [-0.15, -0.1) is 0 Å². The van der Waals surface area contributed by atoms with Crippen LogP contribution in [0.3, 0.4) is 0 Å². The van der Waals surface area contributed by atoms with Crippen molar-refractivity contribution in [3.63, 3.8) is 0 Å². The van der Waals surface area contributed by atoms with Gasteiger partial charge in [0.15, 0.2) is 0 Å². The molecule has 0 radical (unpaired) electrons. The molecule has 5 heteroatoms. The van der Waals surface area contributed by atoms with E-state index in [-0.39, 0.29) is 0 Å². The van der Waals surface area contributed by atoms with Gasteiger partial charge >= 0.3 is 0 Å². The Labute approximate surface area is 96.1 Å². The lowest BCUT2D eigenvalue weighted by atomic mass is 10.0. The Bertz CT molecular complexity index is 461. The van der Waals surface area contributed by atoms with Gasteiger partial charge in [-0.3, -0.25) is 0 Å². The smallest absolute Gasteiger partial charge is 0.243 e. The van der Waals surface area contributed by atoms with Crippen LogP contribution in [-0.2, 0) is 10.0 Å². The molecule has 2 rings (SSSR count). The van der Waals surface area contributed by atoms with E-state index in [0.29, 0.717) is 30.4 Å². The first-order valence-corrected chi connectivity index (χ1v) is 6.75. The summed E-state index contributed by atoms with van der Waals surface area (Å²) in [5.41, 5.74) is 6.53. The highest BCUT2D eigenvalue weighted by Crippen LogP contribution is 2.24. The molecule has 4 nitrogen and oxygen atoms in total. The zero-order valence-electron chi connectivity index (χ0n) is 9.26. The number of sulfonamides is 1. The number of rotatable bonds is 3. The zero-order chi connectivity index (χ0) is 11.8. The highest BCUT2D eigenvalue weighted by molar-refractivity contribution is 7.89. The molecule has 1 aliphatic heterocycles. The van der Waals surface area contributed by atoms with E-state index in [1.807, 2.05) is 19.1 Å². The molecule has 0 atom stereocenters. The third kappa shape index (κ3) is 1.98. The highest BCUT2D eigenvalue weighted by Gasteiger charge is 2.35. The van der Waals surface area contributed by atoms with E-state index in [2.05, 4.69) is 0 Å². The third-order valence-corrected chi connectivity index (χ3v) is 4.76. The van der Waals surface area contributed by atoms with Gasteiger partial charge < -0.3 is 5.73 Å². The molecule has 0 spiro atoms. The van der Waals surface area contributed by atoms with Crippen LogP contribution in [0.15, 0.2) is 29.2 Å². The molecule has 0 amide bonds. The molecular weight excluding hydrogens is 224 g/mol. The maximum Gasteiger partial charge on any atom is 0.243 e. The maximum atomic E-state index is 12.1. The van der Waals surface area contributed by atoms with Gasteiger partial charge in [-0.2, -0.15) is 4.31 Å². The molecule has 16 heavy (non-hydrogen) atoms. The molecule has 0 aliphatic carbocycles. The summed E-state index contributed by atoms with van der Waals surface area (Å²) in [6.07, 6.45) is 0. The molecule has 1 aliphatic rings. The van der Waals surface area contributed by atoms with Crippen molar-refractivity contribution in [1.29, 1.82) is 0 Å². The zero-order valence-corrected chi connectivity index (χ0v) is 10.1. The minimum absolute atomic E-state index is 0.320. The van der Waals surface area contributed by atoms with Crippen LogP contribution in [0.2, 0.25) is 0 Å². The van der Waals surface area contributed by atoms with Crippen molar-refractivity contribution in [3.8, 4) is 0 Å². The Morgan fingerprint density at radius 3 is 2.38 bits per heavy atom. The van der Waals surface area contributed by atoms with E-state index < -0.39 is 10.0 Å². The molecule has 0 saturated carbocycles. The second-order valence-electron chi connectivity index (χ2n) is 4.24. The summed E-state index contributed by atoms with van der Waals surface area (Å²) in [5.74, 6) is 0.320. The minimum Gasteiger partial charge on any atom is -0.330 e. The minimum atomic E-state index is -3.28. The molecular formula is C11H16N2O2S. The monoisotopic (exact) mass is 240 g/mol. The van der Waals surface area contributed by atoms with E-state index in [1.165, 1.54) is 4.31 Å². The molecule has 1 aromatic carbocycles. The van der Waals surface area contributed by atoms with Crippen LogP contribution in [0.5, 0.6) is 0 Å². The molecule has 2 N–H and O–H groups in total. The van der Waals surface area contributed by atoms with Crippen LogP contribution in [-0.4, -0.2) is 32.4 Å². The molecule has 88 valence electrons. The molecule has 0 unspecified atom stereocenters. The van der Waals surface area contributed by atoms with Crippen LogP contribution >= 0.6 is 0 Å². The van der Waals surface area contributed by atoms with Crippen molar-refractivity contribution in [2.75, 3.05) is 19.6 Å². The van der Waals surface area contributed by atoms with E-state index in [0.717, 1.165) is 5.56 Å². The first-order chi connectivity index (χ1) is 7.54. The van der Waals surface area contributed by atoms with Crippen molar-refractivity contribution >= 4 is 10.0 Å². The SMILES string of the molecule is Cc1ccc(S(=O)(=O)N2CC(CN)C2)cc1. The normalized spacial score (nSPS) is 18.4. The summed E-state index contributed by atoms with van der Waals surface area (Å²) < 4.78 is 25.6. The number of benzene rings is 1. The lowest BCUT2D eigenvalue weighted by Gasteiger charge is -2.37. The lowest BCUT2D eigenvalue weighted by Crippen LogP contribution is -2.52. The molecule has 1 saturated heterocycles. The van der Waals surface area contributed by atoms with Crippen molar-refractivity contribution < 1.29 is 8.42 Å². The van der Waals surface area contributed by atoms with Gasteiger partial charge in [0.1, 0.15) is 0 Å². The highest BCUT2D eigenvalue weighted by atomic mass is 32.2. The topological polar surface area (TPSA) is 63.4 Å². The van der Waals surface area contributed by atoms with E-state index >= 15 is 0 Å². The Morgan fingerprint density at radius 1 is 1.31 bits per heavy atom. The second kappa shape index (κ2) is 4.16. The van der Waals surface area contributed by atoms with Gasteiger partial charge in [0, 0.05) is 13.1 Å². The number of aryl methyl sites for hydroxylation is 1. The van der Waals surface area contributed by atoms with Crippen LogP contribution in [0.25, 0.3) is 0 Å². The fourth-order valence-electron chi connectivity index (χ4n) is 1.73. The van der Waals surface area contributed by atoms with Gasteiger partial charge in [-0.25, -0.2) is 8.42 Å². The summed E-state index contributed by atoms with van der Waals surface area (Å²) in [7, 11) is -3.28. The predicted octanol–water partition coefficient (Wildman–Crippen LogP) is 0.574. The van der Waals surface area contributed by atoms with Gasteiger partial charge in [-0.05, 0) is 31.5 Å². The first kappa shape index (κ1) is 11.6. The van der Waals surface area contributed by atoms with Gasteiger partial charge in [0.2, 0.25) is 10.0 Å². The van der Waals surface area contributed by atoms with Crippen LogP contribution in [0.4, 0.5) is 0 Å².